The van der Waals surface area contributed by atoms with Gasteiger partial charge in [0.1, 0.15) is 0 Å². The zero-order chi connectivity index (χ0) is 11.5. The second kappa shape index (κ2) is 4.49. The highest BCUT2D eigenvalue weighted by molar-refractivity contribution is 5.32. The average molecular weight is 215 g/mol. The normalized spacial score (nSPS) is 12.7. The molecule has 3 heteroatoms. The summed E-state index contributed by atoms with van der Waals surface area (Å²) in [4.78, 5) is 0. The van der Waals surface area contributed by atoms with Gasteiger partial charge in [-0.2, -0.15) is 5.10 Å². The fourth-order valence-electron chi connectivity index (χ4n) is 1.80. The van der Waals surface area contributed by atoms with E-state index < -0.39 is 0 Å². The fourth-order valence-corrected chi connectivity index (χ4v) is 1.80. The van der Waals surface area contributed by atoms with Gasteiger partial charge in [-0.15, -0.1) is 0 Å². The van der Waals surface area contributed by atoms with E-state index in [9.17, 15) is 0 Å². The van der Waals surface area contributed by atoms with E-state index in [0.29, 0.717) is 0 Å². The molecule has 1 aromatic heterocycles. The molecule has 2 N–H and O–H groups in total. The molecule has 2 aromatic rings. The van der Waals surface area contributed by atoms with Crippen LogP contribution in [0, 0.1) is 0 Å². The lowest BCUT2D eigenvalue weighted by Crippen LogP contribution is -2.11. The molecule has 0 bridgehead atoms. The number of hydrogen-bond donors (Lipinski definition) is 1. The summed E-state index contributed by atoms with van der Waals surface area (Å²) in [6.45, 7) is 2.15. The van der Waals surface area contributed by atoms with E-state index in [-0.39, 0.29) is 6.04 Å². The van der Waals surface area contributed by atoms with Crippen LogP contribution in [0.2, 0.25) is 0 Å². The zero-order valence-electron chi connectivity index (χ0n) is 9.72. The Morgan fingerprint density at radius 1 is 1.38 bits per heavy atom. The molecule has 0 saturated heterocycles. The molecule has 3 nitrogen and oxygen atoms in total. The summed E-state index contributed by atoms with van der Waals surface area (Å²) in [5.74, 6) is 0. The first kappa shape index (κ1) is 10.9. The minimum atomic E-state index is -0.0831. The third-order valence-corrected chi connectivity index (χ3v) is 2.80. The van der Waals surface area contributed by atoms with Crippen molar-refractivity contribution in [1.82, 2.24) is 9.78 Å². The molecule has 0 aliphatic carbocycles. The number of benzene rings is 1. The van der Waals surface area contributed by atoms with Gasteiger partial charge in [-0.05, 0) is 17.5 Å². The van der Waals surface area contributed by atoms with Gasteiger partial charge in [0, 0.05) is 18.8 Å². The Kier molecular flexibility index (Phi) is 3.06. The van der Waals surface area contributed by atoms with Crippen molar-refractivity contribution < 1.29 is 0 Å². The molecule has 1 atom stereocenters. The highest BCUT2D eigenvalue weighted by Crippen LogP contribution is 2.19. The molecule has 0 aliphatic rings. The molecule has 16 heavy (non-hydrogen) atoms. The van der Waals surface area contributed by atoms with E-state index in [1.54, 1.807) is 4.68 Å². The van der Waals surface area contributed by atoms with Crippen LogP contribution in [-0.4, -0.2) is 9.78 Å². The average Bonchev–Trinajstić information content (AvgIpc) is 2.75. The molecule has 1 aromatic carbocycles. The monoisotopic (exact) mass is 215 g/mol. The summed E-state index contributed by atoms with van der Waals surface area (Å²) in [7, 11) is 1.90. The Morgan fingerprint density at radius 2 is 2.19 bits per heavy atom. The summed E-state index contributed by atoms with van der Waals surface area (Å²) in [5.41, 5.74) is 9.71. The van der Waals surface area contributed by atoms with Crippen LogP contribution >= 0.6 is 0 Å². The molecule has 84 valence electrons. The van der Waals surface area contributed by atoms with Crippen LogP contribution in [0.25, 0.3) is 0 Å². The van der Waals surface area contributed by atoms with Crippen molar-refractivity contribution in [3.8, 4) is 0 Å². The topological polar surface area (TPSA) is 43.8 Å². The standard InChI is InChI=1S/C13H17N3/c1-3-10-5-4-6-11(7-10)13(14)12-8-15-16(2)9-12/h4-9,13H,3,14H2,1-2H3. The van der Waals surface area contributed by atoms with Crippen molar-refractivity contribution in [1.29, 1.82) is 0 Å². The number of aromatic nitrogens is 2. The minimum absolute atomic E-state index is 0.0831. The molecule has 0 amide bonds. The Hall–Kier alpha value is -1.61. The smallest absolute Gasteiger partial charge is 0.0582 e. The summed E-state index contributed by atoms with van der Waals surface area (Å²) >= 11 is 0. The summed E-state index contributed by atoms with van der Waals surface area (Å²) in [5, 5.41) is 4.14. The number of rotatable bonds is 3. The maximum Gasteiger partial charge on any atom is 0.0582 e. The van der Waals surface area contributed by atoms with Crippen molar-refractivity contribution in [2.75, 3.05) is 0 Å². The third-order valence-electron chi connectivity index (χ3n) is 2.80. The largest absolute Gasteiger partial charge is 0.320 e. The second-order valence-corrected chi connectivity index (χ2v) is 4.02. The van der Waals surface area contributed by atoms with Gasteiger partial charge in [-0.1, -0.05) is 31.2 Å². The molecule has 0 fully saturated rings. The summed E-state index contributed by atoms with van der Waals surface area (Å²) in [6, 6.07) is 8.33. The van der Waals surface area contributed by atoms with Gasteiger partial charge in [-0.3, -0.25) is 4.68 Å². The summed E-state index contributed by atoms with van der Waals surface area (Å²) in [6.07, 6.45) is 4.82. The highest BCUT2D eigenvalue weighted by atomic mass is 15.2. The molecule has 0 saturated carbocycles. The molecule has 0 spiro atoms. The molecule has 0 aliphatic heterocycles. The lowest BCUT2D eigenvalue weighted by molar-refractivity contribution is 0.765. The number of nitrogens with zero attached hydrogens (tertiary/aromatic N) is 2. The molecule has 2 rings (SSSR count). The Balaban J connectivity index is 2.29. The second-order valence-electron chi connectivity index (χ2n) is 4.02. The first-order valence-corrected chi connectivity index (χ1v) is 5.53. The van der Waals surface area contributed by atoms with Crippen molar-refractivity contribution >= 4 is 0 Å². The quantitative estimate of drug-likeness (QED) is 0.851. The SMILES string of the molecule is CCc1cccc(C(N)c2cnn(C)c2)c1. The van der Waals surface area contributed by atoms with Gasteiger partial charge in [0.2, 0.25) is 0 Å². The van der Waals surface area contributed by atoms with Gasteiger partial charge in [0.05, 0.1) is 12.2 Å². The van der Waals surface area contributed by atoms with Gasteiger partial charge >= 0.3 is 0 Å². The lowest BCUT2D eigenvalue weighted by Gasteiger charge is -2.10. The Labute approximate surface area is 95.9 Å². The van der Waals surface area contributed by atoms with E-state index in [1.807, 2.05) is 19.4 Å². The summed E-state index contributed by atoms with van der Waals surface area (Å²) < 4.78 is 1.78. The van der Waals surface area contributed by atoms with Gasteiger partial charge < -0.3 is 5.73 Å². The Bertz CT molecular complexity index is 474. The van der Waals surface area contributed by atoms with Gasteiger partial charge in [0.15, 0.2) is 0 Å². The molecule has 0 radical (unpaired) electrons. The highest BCUT2D eigenvalue weighted by Gasteiger charge is 2.10. The maximum absolute atomic E-state index is 6.20. The molecular weight excluding hydrogens is 198 g/mol. The van der Waals surface area contributed by atoms with Crippen LogP contribution in [-0.2, 0) is 13.5 Å². The van der Waals surface area contributed by atoms with Crippen LogP contribution in [0.1, 0.15) is 29.7 Å². The van der Waals surface area contributed by atoms with E-state index in [2.05, 4.69) is 36.3 Å². The molecular formula is C13H17N3. The molecule has 1 heterocycles. The Morgan fingerprint density at radius 3 is 2.81 bits per heavy atom. The van der Waals surface area contributed by atoms with Gasteiger partial charge in [0.25, 0.3) is 0 Å². The van der Waals surface area contributed by atoms with Crippen LogP contribution < -0.4 is 5.73 Å². The number of hydrogen-bond acceptors (Lipinski definition) is 2. The van der Waals surface area contributed by atoms with Crippen LogP contribution in [0.5, 0.6) is 0 Å². The third kappa shape index (κ3) is 2.14. The zero-order valence-corrected chi connectivity index (χ0v) is 9.72. The lowest BCUT2D eigenvalue weighted by atomic mass is 10.00. The first-order valence-electron chi connectivity index (χ1n) is 5.53. The van der Waals surface area contributed by atoms with Gasteiger partial charge in [-0.25, -0.2) is 0 Å². The van der Waals surface area contributed by atoms with Crippen LogP contribution in [0.15, 0.2) is 36.7 Å². The fraction of sp³-hybridized carbons (Fsp3) is 0.308. The van der Waals surface area contributed by atoms with Crippen molar-refractivity contribution in [2.24, 2.45) is 12.8 Å². The first-order chi connectivity index (χ1) is 7.70. The van der Waals surface area contributed by atoms with E-state index >= 15 is 0 Å². The number of nitrogens with two attached hydrogens (primary N) is 1. The van der Waals surface area contributed by atoms with Crippen molar-refractivity contribution in [3.63, 3.8) is 0 Å². The van der Waals surface area contributed by atoms with Crippen LogP contribution in [0.3, 0.4) is 0 Å². The van der Waals surface area contributed by atoms with Crippen LogP contribution in [0.4, 0.5) is 0 Å². The van der Waals surface area contributed by atoms with E-state index in [4.69, 9.17) is 5.73 Å². The van der Waals surface area contributed by atoms with Crippen molar-refractivity contribution in [2.45, 2.75) is 19.4 Å². The number of aryl methyl sites for hydroxylation is 2. The van der Waals surface area contributed by atoms with Crippen molar-refractivity contribution in [3.05, 3.63) is 53.3 Å². The minimum Gasteiger partial charge on any atom is -0.320 e. The van der Waals surface area contributed by atoms with E-state index in [0.717, 1.165) is 17.5 Å². The predicted molar refractivity (Wildman–Crippen MR) is 65.1 cm³/mol. The predicted octanol–water partition coefficient (Wildman–Crippen LogP) is 2.03. The molecule has 1 unspecified atom stereocenters. The van der Waals surface area contributed by atoms with E-state index in [1.165, 1.54) is 5.56 Å². The maximum atomic E-state index is 6.20.